The molecule has 0 aliphatic heterocycles. The Kier molecular flexibility index (Phi) is 4.28. The number of carbonyl (C=O) groups excluding carboxylic acids is 1. The highest BCUT2D eigenvalue weighted by Crippen LogP contribution is 2.38. The van der Waals surface area contributed by atoms with E-state index in [-0.39, 0.29) is 5.56 Å². The molecule has 2 aromatic carbocycles. The number of rotatable bonds is 4. The van der Waals surface area contributed by atoms with E-state index in [4.69, 9.17) is 5.73 Å². The van der Waals surface area contributed by atoms with E-state index in [9.17, 15) is 23.1 Å². The lowest BCUT2D eigenvalue weighted by molar-refractivity contribution is -0.258. The third-order valence-electron chi connectivity index (χ3n) is 4.48. The molecule has 4 nitrogen and oxygen atoms in total. The highest BCUT2D eigenvalue weighted by Gasteiger charge is 2.51. The van der Waals surface area contributed by atoms with Crippen LogP contribution in [0.2, 0.25) is 0 Å². The van der Waals surface area contributed by atoms with E-state index in [0.29, 0.717) is 12.1 Å². The van der Waals surface area contributed by atoms with Gasteiger partial charge in [-0.2, -0.15) is 13.2 Å². The molecule has 3 aromatic rings. The average Bonchev–Trinajstić information content (AvgIpc) is 2.96. The fourth-order valence-corrected chi connectivity index (χ4v) is 2.79. The first-order valence-electron chi connectivity index (χ1n) is 7.87. The Morgan fingerprint density at radius 2 is 1.77 bits per heavy atom. The normalized spacial score (nSPS) is 14.3. The van der Waals surface area contributed by atoms with Crippen LogP contribution in [0.3, 0.4) is 0 Å². The molecule has 0 bridgehead atoms. The van der Waals surface area contributed by atoms with Crippen LogP contribution in [-0.4, -0.2) is 21.8 Å². The zero-order valence-electron chi connectivity index (χ0n) is 13.9. The highest BCUT2D eigenvalue weighted by atomic mass is 19.4. The molecule has 0 saturated heterocycles. The molecule has 136 valence electrons. The largest absolute Gasteiger partial charge is 0.421 e. The fourth-order valence-electron chi connectivity index (χ4n) is 2.79. The Bertz CT molecular complexity index is 957. The fraction of sp³-hybridized carbons (Fsp3) is 0.211. The van der Waals surface area contributed by atoms with Crippen LogP contribution < -0.4 is 5.73 Å². The maximum absolute atomic E-state index is 12.9. The predicted molar refractivity (Wildman–Crippen MR) is 91.6 cm³/mol. The summed E-state index contributed by atoms with van der Waals surface area (Å²) in [6.07, 6.45) is -2.92. The molecule has 1 aromatic heterocycles. The minimum atomic E-state index is -4.75. The molecule has 1 amide bonds. The molecule has 1 unspecified atom stereocenters. The zero-order chi connectivity index (χ0) is 19.1. The second-order valence-electron chi connectivity index (χ2n) is 6.35. The van der Waals surface area contributed by atoms with E-state index >= 15 is 0 Å². The first-order valence-corrected chi connectivity index (χ1v) is 7.87. The van der Waals surface area contributed by atoms with E-state index in [0.717, 1.165) is 23.4 Å². The molecule has 0 aliphatic carbocycles. The number of aromatic nitrogens is 1. The molecular formula is C19H17F3N2O2. The molecule has 0 spiro atoms. The molecule has 3 rings (SSSR count). The van der Waals surface area contributed by atoms with Gasteiger partial charge in [0, 0.05) is 29.2 Å². The highest BCUT2D eigenvalue weighted by molar-refractivity contribution is 5.97. The Balaban J connectivity index is 1.86. The number of fused-ring (bicyclic) bond motifs is 1. The van der Waals surface area contributed by atoms with E-state index < -0.39 is 17.7 Å². The van der Waals surface area contributed by atoms with Gasteiger partial charge in [-0.05, 0) is 42.3 Å². The van der Waals surface area contributed by atoms with Gasteiger partial charge in [-0.1, -0.05) is 24.3 Å². The summed E-state index contributed by atoms with van der Waals surface area (Å²) in [7, 11) is 0. The first-order chi connectivity index (χ1) is 12.1. The number of primary amides is 1. The number of hydrogen-bond acceptors (Lipinski definition) is 2. The Hall–Kier alpha value is -2.80. The molecule has 26 heavy (non-hydrogen) atoms. The van der Waals surface area contributed by atoms with Gasteiger partial charge in [-0.25, -0.2) is 0 Å². The van der Waals surface area contributed by atoms with Gasteiger partial charge in [0.25, 0.3) is 0 Å². The van der Waals surface area contributed by atoms with Crippen LogP contribution in [0.1, 0.15) is 28.4 Å². The molecule has 0 aliphatic rings. The third kappa shape index (κ3) is 3.17. The van der Waals surface area contributed by atoms with Crippen molar-refractivity contribution >= 4 is 16.8 Å². The van der Waals surface area contributed by atoms with Gasteiger partial charge in [0.05, 0.1) is 0 Å². The molecule has 1 heterocycles. The Morgan fingerprint density at radius 1 is 1.12 bits per heavy atom. The summed E-state index contributed by atoms with van der Waals surface area (Å²) in [5, 5.41) is 10.6. The van der Waals surface area contributed by atoms with Gasteiger partial charge < -0.3 is 15.4 Å². The van der Waals surface area contributed by atoms with Crippen molar-refractivity contribution in [3.8, 4) is 0 Å². The monoisotopic (exact) mass is 362 g/mol. The van der Waals surface area contributed by atoms with Crippen LogP contribution >= 0.6 is 0 Å². The van der Waals surface area contributed by atoms with E-state index in [2.05, 4.69) is 0 Å². The van der Waals surface area contributed by atoms with Crippen LogP contribution in [0.15, 0.2) is 54.7 Å². The molecule has 0 saturated carbocycles. The molecule has 1 atom stereocenters. The number of aliphatic hydroxyl groups is 1. The number of nitrogens with zero attached hydrogens (tertiary/aromatic N) is 1. The smallest absolute Gasteiger partial charge is 0.376 e. The van der Waals surface area contributed by atoms with Crippen molar-refractivity contribution in [3.63, 3.8) is 0 Å². The number of nitrogens with two attached hydrogens (primary N) is 1. The van der Waals surface area contributed by atoms with Crippen molar-refractivity contribution in [1.82, 2.24) is 4.57 Å². The quantitative estimate of drug-likeness (QED) is 0.745. The van der Waals surface area contributed by atoms with Crippen molar-refractivity contribution < 1.29 is 23.1 Å². The zero-order valence-corrected chi connectivity index (χ0v) is 13.9. The number of halogens is 3. The van der Waals surface area contributed by atoms with E-state index in [1.807, 2.05) is 16.8 Å². The average molecular weight is 362 g/mol. The van der Waals surface area contributed by atoms with Crippen molar-refractivity contribution in [2.75, 3.05) is 0 Å². The lowest BCUT2D eigenvalue weighted by Crippen LogP contribution is -2.39. The number of hydrogen-bond donors (Lipinski definition) is 2. The Labute approximate surface area is 147 Å². The number of alkyl halides is 3. The van der Waals surface area contributed by atoms with Crippen LogP contribution in [0.5, 0.6) is 0 Å². The Morgan fingerprint density at radius 3 is 2.35 bits per heavy atom. The van der Waals surface area contributed by atoms with Gasteiger partial charge in [-0.3, -0.25) is 4.79 Å². The van der Waals surface area contributed by atoms with Crippen LogP contribution in [0, 0.1) is 0 Å². The second-order valence-corrected chi connectivity index (χ2v) is 6.35. The summed E-state index contributed by atoms with van der Waals surface area (Å²) in [5.74, 6) is -0.507. The molecule has 0 radical (unpaired) electrons. The standard InChI is InChI=1S/C19H17F3N2O2/c1-18(26,19(20,21)22)15-5-2-12(3-6-15)11-24-9-8-13-10-14(17(23)25)4-7-16(13)24/h2-10,26H,11H2,1H3,(H2,23,25). The van der Waals surface area contributed by atoms with Crippen LogP contribution in [0.4, 0.5) is 13.2 Å². The third-order valence-corrected chi connectivity index (χ3v) is 4.48. The van der Waals surface area contributed by atoms with Crippen molar-refractivity contribution in [1.29, 1.82) is 0 Å². The first kappa shape index (κ1) is 18.0. The molecule has 3 N–H and O–H groups in total. The van der Waals surface area contributed by atoms with Gasteiger partial charge >= 0.3 is 6.18 Å². The summed E-state index contributed by atoms with van der Waals surface area (Å²) in [6, 6.07) is 12.6. The van der Waals surface area contributed by atoms with Crippen molar-refractivity contribution in [2.24, 2.45) is 5.73 Å². The van der Waals surface area contributed by atoms with Crippen molar-refractivity contribution in [2.45, 2.75) is 25.2 Å². The maximum atomic E-state index is 12.9. The summed E-state index contributed by atoms with van der Waals surface area (Å²) in [5.41, 5.74) is 4.23. The lowest BCUT2D eigenvalue weighted by atomic mass is 9.94. The lowest BCUT2D eigenvalue weighted by Gasteiger charge is -2.26. The summed E-state index contributed by atoms with van der Waals surface area (Å²) in [4.78, 5) is 11.2. The van der Waals surface area contributed by atoms with E-state index in [1.165, 1.54) is 12.1 Å². The SMILES string of the molecule is CC(O)(c1ccc(Cn2ccc3cc(C(N)=O)ccc32)cc1)C(F)(F)F. The summed E-state index contributed by atoms with van der Waals surface area (Å²) in [6.45, 7) is 1.17. The molecule has 0 fully saturated rings. The maximum Gasteiger partial charge on any atom is 0.421 e. The molecular weight excluding hydrogens is 345 g/mol. The number of benzene rings is 2. The van der Waals surface area contributed by atoms with Gasteiger partial charge in [0.2, 0.25) is 5.91 Å². The molecule has 7 heteroatoms. The summed E-state index contributed by atoms with van der Waals surface area (Å²) < 4.78 is 40.6. The van der Waals surface area contributed by atoms with Crippen molar-refractivity contribution in [3.05, 3.63) is 71.4 Å². The van der Waals surface area contributed by atoms with Gasteiger partial charge in [0.1, 0.15) is 0 Å². The van der Waals surface area contributed by atoms with Gasteiger partial charge in [-0.15, -0.1) is 0 Å². The number of amides is 1. The topological polar surface area (TPSA) is 68.2 Å². The van der Waals surface area contributed by atoms with E-state index in [1.54, 1.807) is 30.3 Å². The van der Waals surface area contributed by atoms with Gasteiger partial charge in [0.15, 0.2) is 5.60 Å². The second kappa shape index (κ2) is 6.17. The van der Waals surface area contributed by atoms with Crippen LogP contribution in [0.25, 0.3) is 10.9 Å². The van der Waals surface area contributed by atoms with Crippen LogP contribution in [-0.2, 0) is 12.1 Å². The minimum absolute atomic E-state index is 0.211. The minimum Gasteiger partial charge on any atom is -0.376 e. The number of carbonyl (C=O) groups is 1. The summed E-state index contributed by atoms with van der Waals surface area (Å²) >= 11 is 0. The predicted octanol–water partition coefficient (Wildman–Crippen LogP) is 3.56.